The number of hydrogen-bond acceptors (Lipinski definition) is 8. The Labute approximate surface area is 208 Å². The minimum atomic E-state index is -5.30. The average Bonchev–Trinajstić information content (AvgIpc) is 2.80. The predicted molar refractivity (Wildman–Crippen MR) is 128 cm³/mol. The second kappa shape index (κ2) is 10.1. The minimum Gasteiger partial charge on any atom is -0.488 e. The van der Waals surface area contributed by atoms with Crippen LogP contribution in [-0.2, 0) is 17.0 Å². The molecule has 0 saturated carbocycles. The van der Waals surface area contributed by atoms with Crippen molar-refractivity contribution < 1.29 is 26.0 Å². The highest BCUT2D eigenvalue weighted by Gasteiger charge is 2.16. The van der Waals surface area contributed by atoms with Crippen molar-refractivity contribution >= 4 is 32.9 Å². The third-order valence-electron chi connectivity index (χ3n) is 4.83. The van der Waals surface area contributed by atoms with Crippen LogP contribution in [0.5, 0.6) is 23.0 Å². The van der Waals surface area contributed by atoms with Gasteiger partial charge in [-0.05, 0) is 41.8 Å². The van der Waals surface area contributed by atoms with E-state index in [1.54, 1.807) is 24.3 Å². The van der Waals surface area contributed by atoms with Crippen LogP contribution in [0.15, 0.2) is 70.4 Å². The van der Waals surface area contributed by atoms with E-state index >= 15 is 0 Å². The molecule has 0 amide bonds. The van der Waals surface area contributed by atoms with Crippen LogP contribution < -0.4 is 24.9 Å². The number of benzene rings is 3. The zero-order valence-corrected chi connectivity index (χ0v) is 19.7. The van der Waals surface area contributed by atoms with Gasteiger partial charge in [0, 0.05) is 34.8 Å². The normalized spacial score (nSPS) is 11.1. The fourth-order valence-electron chi connectivity index (χ4n) is 3.30. The van der Waals surface area contributed by atoms with Gasteiger partial charge in [0.1, 0.15) is 18.1 Å². The molecular formula is C23H15ClFN3O7S. The van der Waals surface area contributed by atoms with Crippen LogP contribution >= 0.6 is 11.6 Å². The molecule has 4 aromatic rings. The summed E-state index contributed by atoms with van der Waals surface area (Å²) in [6.45, 7) is -0.103. The van der Waals surface area contributed by atoms with Gasteiger partial charge in [-0.15, -0.1) is 0 Å². The molecule has 0 bridgehead atoms. The van der Waals surface area contributed by atoms with Gasteiger partial charge < -0.3 is 13.7 Å². The third kappa shape index (κ3) is 6.01. The van der Waals surface area contributed by atoms with Crippen LogP contribution in [-0.4, -0.2) is 24.6 Å². The van der Waals surface area contributed by atoms with E-state index in [0.717, 1.165) is 12.1 Å². The van der Waals surface area contributed by atoms with E-state index in [1.165, 1.54) is 29.0 Å². The summed E-state index contributed by atoms with van der Waals surface area (Å²) in [5.41, 5.74) is -0.780. The standard InChI is InChI=1S/C23H15ClFN3O7S/c24-16-10-15-9-14(13-26)1-3-18(15)20(11-16)34-19-4-2-17(35-36(25,31)32)12-21(19)33-8-7-28-6-5-22(29)27-23(28)30/h1-6,9-12H,7-8H2,(H,27,29,30). The van der Waals surface area contributed by atoms with E-state index < -0.39 is 21.8 Å². The first kappa shape index (κ1) is 24.8. The first-order chi connectivity index (χ1) is 17.1. The molecule has 1 N–H and O–H groups in total. The molecule has 0 saturated heterocycles. The molecule has 13 heteroatoms. The molecule has 3 aromatic carbocycles. The highest BCUT2D eigenvalue weighted by atomic mass is 35.5. The summed E-state index contributed by atoms with van der Waals surface area (Å²) in [6.07, 6.45) is 1.28. The van der Waals surface area contributed by atoms with Gasteiger partial charge in [-0.3, -0.25) is 14.3 Å². The van der Waals surface area contributed by atoms with Crippen LogP contribution in [0, 0.1) is 11.3 Å². The summed E-state index contributed by atoms with van der Waals surface area (Å²) >= 11 is 6.22. The number of aromatic amines is 1. The number of nitrogens with one attached hydrogen (secondary N) is 1. The molecular weight excluding hydrogens is 517 g/mol. The summed E-state index contributed by atoms with van der Waals surface area (Å²) in [5, 5.41) is 10.7. The van der Waals surface area contributed by atoms with Crippen LogP contribution in [0.4, 0.5) is 3.89 Å². The number of halogens is 2. The summed E-state index contributed by atoms with van der Waals surface area (Å²) < 4.78 is 52.1. The van der Waals surface area contributed by atoms with Gasteiger partial charge in [0.15, 0.2) is 11.5 Å². The van der Waals surface area contributed by atoms with Gasteiger partial charge in [-0.2, -0.15) is 13.7 Å². The predicted octanol–water partition coefficient (Wildman–Crippen LogP) is 3.68. The molecule has 0 aliphatic carbocycles. The number of nitrogens with zero attached hydrogens (tertiary/aromatic N) is 2. The summed E-state index contributed by atoms with van der Waals surface area (Å²) in [4.78, 5) is 25.2. The molecule has 0 aliphatic heterocycles. The van der Waals surface area contributed by atoms with Crippen molar-refractivity contribution in [3.63, 3.8) is 0 Å². The lowest BCUT2D eigenvalue weighted by molar-refractivity contribution is 0.282. The van der Waals surface area contributed by atoms with Gasteiger partial charge in [0.25, 0.3) is 5.56 Å². The maximum atomic E-state index is 13.1. The number of fused-ring (bicyclic) bond motifs is 1. The van der Waals surface area contributed by atoms with Gasteiger partial charge in [0.05, 0.1) is 18.2 Å². The van der Waals surface area contributed by atoms with E-state index in [9.17, 15) is 21.9 Å². The van der Waals surface area contributed by atoms with Crippen LogP contribution in [0.1, 0.15) is 5.56 Å². The van der Waals surface area contributed by atoms with E-state index in [0.29, 0.717) is 27.1 Å². The maximum Gasteiger partial charge on any atom is 0.488 e. The SMILES string of the molecule is N#Cc1ccc2c(Oc3ccc(OS(=O)(=O)F)cc3OCCn3ccc(=O)[nH]c3=O)cc(Cl)cc2c1. The number of hydrogen-bond donors (Lipinski definition) is 1. The second-order valence-corrected chi connectivity index (χ2v) is 8.68. The van der Waals surface area contributed by atoms with Crippen molar-refractivity contribution in [1.82, 2.24) is 9.55 Å². The van der Waals surface area contributed by atoms with Crippen molar-refractivity contribution in [2.45, 2.75) is 6.54 Å². The molecule has 4 rings (SSSR count). The first-order valence-electron chi connectivity index (χ1n) is 10.1. The Morgan fingerprint density at radius 2 is 1.83 bits per heavy atom. The Morgan fingerprint density at radius 3 is 2.56 bits per heavy atom. The van der Waals surface area contributed by atoms with Crippen molar-refractivity contribution in [2.24, 2.45) is 0 Å². The molecule has 184 valence electrons. The topological polar surface area (TPSA) is 140 Å². The largest absolute Gasteiger partial charge is 0.488 e. The van der Waals surface area contributed by atoms with Crippen molar-refractivity contribution in [1.29, 1.82) is 5.26 Å². The number of nitriles is 1. The Bertz CT molecular complexity index is 1730. The number of rotatable bonds is 8. The number of H-pyrrole nitrogens is 1. The van der Waals surface area contributed by atoms with E-state index in [1.807, 2.05) is 6.07 Å². The second-order valence-electron chi connectivity index (χ2n) is 7.29. The molecule has 1 heterocycles. The molecule has 0 radical (unpaired) electrons. The third-order valence-corrected chi connectivity index (χ3v) is 5.44. The Hall–Kier alpha value is -4.34. The highest BCUT2D eigenvalue weighted by molar-refractivity contribution is 7.81. The fourth-order valence-corrected chi connectivity index (χ4v) is 3.85. The summed E-state index contributed by atoms with van der Waals surface area (Å²) in [5.74, 6) is -0.0121. The summed E-state index contributed by atoms with van der Waals surface area (Å²) in [7, 11) is -5.30. The Kier molecular flexibility index (Phi) is 6.96. The zero-order valence-electron chi connectivity index (χ0n) is 18.1. The smallest absolute Gasteiger partial charge is 0.488 e. The van der Waals surface area contributed by atoms with E-state index in [4.69, 9.17) is 26.3 Å². The van der Waals surface area contributed by atoms with Gasteiger partial charge in [-0.25, -0.2) is 4.79 Å². The van der Waals surface area contributed by atoms with E-state index in [2.05, 4.69) is 9.17 Å². The van der Waals surface area contributed by atoms with Crippen molar-refractivity contribution in [3.05, 3.63) is 92.2 Å². The van der Waals surface area contributed by atoms with Gasteiger partial charge >= 0.3 is 16.2 Å². The lowest BCUT2D eigenvalue weighted by atomic mass is 10.1. The summed E-state index contributed by atoms with van der Waals surface area (Å²) in [6, 6.07) is 14.9. The molecule has 10 nitrogen and oxygen atoms in total. The van der Waals surface area contributed by atoms with Crippen LogP contribution in [0.2, 0.25) is 5.02 Å². The lowest BCUT2D eigenvalue weighted by Gasteiger charge is -2.15. The molecule has 0 unspecified atom stereocenters. The molecule has 0 fully saturated rings. The van der Waals surface area contributed by atoms with Crippen molar-refractivity contribution in [2.75, 3.05) is 6.61 Å². The molecule has 0 spiro atoms. The molecule has 0 aliphatic rings. The monoisotopic (exact) mass is 531 g/mol. The fraction of sp³-hybridized carbons (Fsp3) is 0.0870. The van der Waals surface area contributed by atoms with Gasteiger partial charge in [0.2, 0.25) is 0 Å². The van der Waals surface area contributed by atoms with Gasteiger partial charge in [-0.1, -0.05) is 15.5 Å². The zero-order chi connectivity index (χ0) is 25.9. The van der Waals surface area contributed by atoms with Crippen molar-refractivity contribution in [3.8, 4) is 29.1 Å². The average molecular weight is 532 g/mol. The number of ether oxygens (including phenoxy) is 2. The Balaban J connectivity index is 1.67. The lowest BCUT2D eigenvalue weighted by Crippen LogP contribution is -2.30. The molecule has 1 aromatic heterocycles. The Morgan fingerprint density at radius 1 is 1.03 bits per heavy atom. The first-order valence-corrected chi connectivity index (χ1v) is 11.8. The minimum absolute atomic E-state index is 0.0125. The quantitative estimate of drug-likeness (QED) is 0.339. The van der Waals surface area contributed by atoms with Crippen LogP contribution in [0.25, 0.3) is 10.8 Å². The number of aromatic nitrogens is 2. The molecule has 36 heavy (non-hydrogen) atoms. The highest BCUT2D eigenvalue weighted by Crippen LogP contribution is 2.39. The maximum absolute atomic E-state index is 13.1. The van der Waals surface area contributed by atoms with Crippen LogP contribution in [0.3, 0.4) is 0 Å². The van der Waals surface area contributed by atoms with E-state index in [-0.39, 0.29) is 30.4 Å². The molecule has 0 atom stereocenters.